The van der Waals surface area contributed by atoms with Crippen LogP contribution < -0.4 is 9.66 Å². The summed E-state index contributed by atoms with van der Waals surface area (Å²) >= 11 is 0.901. The maximum atomic E-state index is 13.3. The lowest BCUT2D eigenvalue weighted by atomic mass is 10.1. The third-order valence-corrected chi connectivity index (χ3v) is 6.31. The van der Waals surface area contributed by atoms with E-state index < -0.39 is 20.8 Å². The molecule has 3 aromatic carbocycles. The number of aryl methyl sites for hydroxylation is 1. The molecule has 132 valence electrons. The van der Waals surface area contributed by atoms with E-state index in [0.29, 0.717) is 32.3 Å². The van der Waals surface area contributed by atoms with E-state index in [1.54, 1.807) is 30.3 Å². The predicted molar refractivity (Wildman–Crippen MR) is 99.8 cm³/mol. The Hall–Kier alpha value is -2.71. The minimum absolute atomic E-state index is 0.0107. The lowest BCUT2D eigenvalue weighted by Crippen LogP contribution is -2.14. The normalized spacial score (nSPS) is 11.9. The topological polar surface area (TPSA) is 76.4 Å². The first-order chi connectivity index (χ1) is 12.3. The number of nitrogens with one attached hydrogen (secondary N) is 1. The van der Waals surface area contributed by atoms with Crippen LogP contribution in [0.5, 0.6) is 0 Å². The zero-order valence-corrected chi connectivity index (χ0v) is 15.1. The van der Waals surface area contributed by atoms with Gasteiger partial charge in [-0.2, -0.15) is 0 Å². The van der Waals surface area contributed by atoms with Gasteiger partial charge in [-0.1, -0.05) is 35.6 Å². The second-order valence-corrected chi connectivity index (χ2v) is 8.39. The Morgan fingerprint density at radius 2 is 1.81 bits per heavy atom. The molecule has 8 heteroatoms. The van der Waals surface area contributed by atoms with Gasteiger partial charge in [-0.3, -0.25) is 4.72 Å². The van der Waals surface area contributed by atoms with Crippen molar-refractivity contribution in [3.05, 3.63) is 69.6 Å². The Bertz CT molecular complexity index is 1320. The molecule has 4 aromatic rings. The van der Waals surface area contributed by atoms with Crippen LogP contribution in [0.15, 0.2) is 62.6 Å². The van der Waals surface area contributed by atoms with Crippen molar-refractivity contribution in [2.45, 2.75) is 11.8 Å². The van der Waals surface area contributed by atoms with Crippen LogP contribution in [0.3, 0.4) is 0 Å². The van der Waals surface area contributed by atoms with Gasteiger partial charge in [-0.05, 0) is 36.8 Å². The highest BCUT2D eigenvalue weighted by atomic mass is 32.2. The van der Waals surface area contributed by atoms with E-state index in [4.69, 9.17) is 4.42 Å². The molecule has 26 heavy (non-hydrogen) atoms. The van der Waals surface area contributed by atoms with Crippen molar-refractivity contribution >= 4 is 48.1 Å². The van der Waals surface area contributed by atoms with Gasteiger partial charge >= 0.3 is 4.94 Å². The third kappa shape index (κ3) is 2.77. The summed E-state index contributed by atoms with van der Waals surface area (Å²) in [6, 6.07) is 12.1. The van der Waals surface area contributed by atoms with Crippen molar-refractivity contribution in [1.29, 1.82) is 0 Å². The molecule has 1 aromatic heterocycles. The van der Waals surface area contributed by atoms with Crippen LogP contribution in [0.4, 0.5) is 10.1 Å². The van der Waals surface area contributed by atoms with Gasteiger partial charge < -0.3 is 4.42 Å². The summed E-state index contributed by atoms with van der Waals surface area (Å²) in [7, 11) is -3.93. The number of benzene rings is 3. The SMILES string of the molecule is Cc1cc(F)ccc1S(=O)(=O)Nc1cc2sc(=O)oc2c2ccccc12. The van der Waals surface area contributed by atoms with Crippen LogP contribution in [-0.2, 0) is 10.0 Å². The van der Waals surface area contributed by atoms with E-state index in [9.17, 15) is 17.6 Å². The van der Waals surface area contributed by atoms with E-state index in [0.717, 1.165) is 23.5 Å². The van der Waals surface area contributed by atoms with Gasteiger partial charge in [0.05, 0.1) is 15.3 Å². The Kier molecular flexibility index (Phi) is 3.82. The molecule has 0 bridgehead atoms. The quantitative estimate of drug-likeness (QED) is 0.568. The average Bonchev–Trinajstić information content (AvgIpc) is 2.95. The summed E-state index contributed by atoms with van der Waals surface area (Å²) in [5.74, 6) is -0.503. The summed E-state index contributed by atoms with van der Waals surface area (Å²) in [6.07, 6.45) is 0. The van der Waals surface area contributed by atoms with Crippen LogP contribution in [0.1, 0.15) is 5.56 Å². The van der Waals surface area contributed by atoms with Gasteiger partial charge in [0.1, 0.15) is 5.82 Å². The van der Waals surface area contributed by atoms with Gasteiger partial charge in [0.25, 0.3) is 10.0 Å². The number of fused-ring (bicyclic) bond motifs is 3. The number of anilines is 1. The minimum atomic E-state index is -3.93. The second-order valence-electron chi connectivity index (χ2n) is 5.77. The fourth-order valence-electron chi connectivity index (χ4n) is 2.90. The Morgan fingerprint density at radius 1 is 1.08 bits per heavy atom. The Labute approximate surface area is 151 Å². The molecular formula is C18H12FNO4S2. The summed E-state index contributed by atoms with van der Waals surface area (Å²) in [4.78, 5) is 11.1. The first kappa shape index (κ1) is 16.7. The molecule has 0 atom stereocenters. The number of hydrogen-bond donors (Lipinski definition) is 1. The van der Waals surface area contributed by atoms with Crippen LogP contribution in [0, 0.1) is 12.7 Å². The van der Waals surface area contributed by atoms with Gasteiger partial charge in [0, 0.05) is 10.8 Å². The molecule has 0 fully saturated rings. The number of rotatable bonds is 3. The third-order valence-electron chi connectivity index (χ3n) is 4.01. The molecule has 1 N–H and O–H groups in total. The van der Waals surface area contributed by atoms with Gasteiger partial charge in [0.2, 0.25) is 0 Å². The molecule has 4 rings (SSSR count). The van der Waals surface area contributed by atoms with Crippen molar-refractivity contribution in [2.75, 3.05) is 4.72 Å². The average molecular weight is 389 g/mol. The van der Waals surface area contributed by atoms with E-state index in [1.165, 1.54) is 13.0 Å². The highest BCUT2D eigenvalue weighted by molar-refractivity contribution is 7.92. The minimum Gasteiger partial charge on any atom is -0.413 e. The van der Waals surface area contributed by atoms with Crippen molar-refractivity contribution in [2.24, 2.45) is 0 Å². The predicted octanol–water partition coefficient (Wildman–Crippen LogP) is 4.26. The van der Waals surface area contributed by atoms with Crippen molar-refractivity contribution in [3.63, 3.8) is 0 Å². The molecular weight excluding hydrogens is 377 g/mol. The summed E-state index contributed by atoms with van der Waals surface area (Å²) in [5, 5.41) is 1.24. The van der Waals surface area contributed by atoms with Crippen LogP contribution in [-0.4, -0.2) is 8.42 Å². The number of hydrogen-bond acceptors (Lipinski definition) is 5. The first-order valence-electron chi connectivity index (χ1n) is 7.59. The molecule has 0 radical (unpaired) electrons. The fourth-order valence-corrected chi connectivity index (χ4v) is 4.92. The zero-order chi connectivity index (χ0) is 18.5. The van der Waals surface area contributed by atoms with Crippen molar-refractivity contribution in [3.8, 4) is 0 Å². The highest BCUT2D eigenvalue weighted by Crippen LogP contribution is 2.34. The fraction of sp³-hybridized carbons (Fsp3) is 0.0556. The summed E-state index contributed by atoms with van der Waals surface area (Å²) in [6.45, 7) is 1.53. The molecule has 0 saturated carbocycles. The maximum absolute atomic E-state index is 13.3. The standard InChI is InChI=1S/C18H12FNO4S2/c1-10-8-11(19)6-7-16(10)26(22,23)20-14-9-15-17(24-18(21)25-15)13-5-3-2-4-12(13)14/h2-9,20H,1H3. The number of halogens is 1. The molecule has 0 aliphatic rings. The van der Waals surface area contributed by atoms with Gasteiger partial charge in [-0.15, -0.1) is 0 Å². The van der Waals surface area contributed by atoms with Crippen molar-refractivity contribution < 1.29 is 17.2 Å². The summed E-state index contributed by atoms with van der Waals surface area (Å²) in [5.41, 5.74) is 1.06. The molecule has 5 nitrogen and oxygen atoms in total. The molecule has 0 aliphatic carbocycles. The van der Waals surface area contributed by atoms with Crippen molar-refractivity contribution in [1.82, 2.24) is 0 Å². The van der Waals surface area contributed by atoms with Crippen LogP contribution in [0.25, 0.3) is 21.1 Å². The van der Waals surface area contributed by atoms with E-state index in [2.05, 4.69) is 4.72 Å². The first-order valence-corrected chi connectivity index (χ1v) is 9.89. The monoisotopic (exact) mass is 389 g/mol. The Morgan fingerprint density at radius 3 is 2.54 bits per heavy atom. The lowest BCUT2D eigenvalue weighted by Gasteiger charge is -2.12. The second kappa shape index (κ2) is 5.93. The Balaban J connectivity index is 1.92. The highest BCUT2D eigenvalue weighted by Gasteiger charge is 2.20. The van der Waals surface area contributed by atoms with Gasteiger partial charge in [0.15, 0.2) is 5.58 Å². The molecule has 0 unspecified atom stereocenters. The van der Waals surface area contributed by atoms with E-state index >= 15 is 0 Å². The van der Waals surface area contributed by atoms with Crippen LogP contribution >= 0.6 is 11.3 Å². The smallest absolute Gasteiger partial charge is 0.396 e. The molecule has 0 aliphatic heterocycles. The van der Waals surface area contributed by atoms with Crippen LogP contribution in [0.2, 0.25) is 0 Å². The maximum Gasteiger partial charge on any atom is 0.396 e. The number of sulfonamides is 1. The molecule has 0 spiro atoms. The lowest BCUT2D eigenvalue weighted by molar-refractivity contribution is 0.588. The largest absolute Gasteiger partial charge is 0.413 e. The molecule has 0 amide bonds. The molecule has 1 heterocycles. The molecule has 0 saturated heterocycles. The summed E-state index contributed by atoms with van der Waals surface area (Å²) < 4.78 is 47.2. The van der Waals surface area contributed by atoms with E-state index in [1.807, 2.05) is 0 Å². The zero-order valence-electron chi connectivity index (χ0n) is 13.4. The van der Waals surface area contributed by atoms with Gasteiger partial charge in [-0.25, -0.2) is 17.6 Å². The van der Waals surface area contributed by atoms with E-state index in [-0.39, 0.29) is 4.90 Å².